The highest BCUT2D eigenvalue weighted by Crippen LogP contribution is 2.40. The Kier molecular flexibility index (Phi) is 4.47. The van der Waals surface area contributed by atoms with Crippen LogP contribution >= 0.6 is 0 Å². The van der Waals surface area contributed by atoms with Gasteiger partial charge in [0.2, 0.25) is 0 Å². The smallest absolute Gasteiger partial charge is 0.0921 e. The van der Waals surface area contributed by atoms with Gasteiger partial charge in [0.15, 0.2) is 0 Å². The lowest BCUT2D eigenvalue weighted by atomic mass is 9.76. The summed E-state index contributed by atoms with van der Waals surface area (Å²) in [5.74, 6) is 1.82. The summed E-state index contributed by atoms with van der Waals surface area (Å²) < 4.78 is 0. The summed E-state index contributed by atoms with van der Waals surface area (Å²) in [6.07, 6.45) is 11.8. The molecule has 1 aliphatic carbocycles. The zero-order valence-corrected chi connectivity index (χ0v) is 13.8. The van der Waals surface area contributed by atoms with Crippen LogP contribution in [-0.4, -0.2) is 34.0 Å². The molecule has 0 radical (unpaired) electrons. The van der Waals surface area contributed by atoms with Crippen molar-refractivity contribution in [3.63, 3.8) is 0 Å². The molecule has 2 aliphatic rings. The van der Waals surface area contributed by atoms with Gasteiger partial charge >= 0.3 is 0 Å². The van der Waals surface area contributed by atoms with E-state index in [-0.39, 0.29) is 0 Å². The van der Waals surface area contributed by atoms with Crippen molar-refractivity contribution in [2.45, 2.75) is 44.6 Å². The summed E-state index contributed by atoms with van der Waals surface area (Å²) in [4.78, 5) is 10.1. The average molecular weight is 309 g/mol. The van der Waals surface area contributed by atoms with Crippen LogP contribution in [0.15, 0.2) is 42.9 Å². The highest BCUT2D eigenvalue weighted by Gasteiger charge is 2.38. The minimum absolute atomic E-state index is 0.838. The number of nitrogens with one attached hydrogen (secondary N) is 1. The van der Waals surface area contributed by atoms with Crippen LogP contribution in [0.3, 0.4) is 0 Å². The number of nitrogens with zero attached hydrogens (tertiary/aromatic N) is 2. The Morgan fingerprint density at radius 1 is 1.13 bits per heavy atom. The maximum absolute atomic E-state index is 4.12. The molecule has 3 nitrogen and oxygen atoms in total. The number of aromatic nitrogens is 2. The van der Waals surface area contributed by atoms with E-state index in [4.69, 9.17) is 0 Å². The van der Waals surface area contributed by atoms with E-state index in [1.54, 1.807) is 6.33 Å². The van der Waals surface area contributed by atoms with Crippen molar-refractivity contribution in [2.75, 3.05) is 13.1 Å². The molecule has 0 amide bonds. The SMILES string of the molecule is c1ccc(C[C@@H]2CC[C@@H]3[C@@H](CCN3CCc3cnc[nH]3)C2)cc1. The van der Waals surface area contributed by atoms with Gasteiger partial charge in [0.25, 0.3) is 0 Å². The van der Waals surface area contributed by atoms with Gasteiger partial charge in [-0.1, -0.05) is 30.3 Å². The molecule has 2 fully saturated rings. The van der Waals surface area contributed by atoms with E-state index in [0.717, 1.165) is 24.3 Å². The van der Waals surface area contributed by atoms with Gasteiger partial charge in [-0.3, -0.25) is 4.90 Å². The summed E-state index contributed by atoms with van der Waals surface area (Å²) in [6, 6.07) is 11.9. The zero-order valence-electron chi connectivity index (χ0n) is 13.8. The number of rotatable bonds is 5. The van der Waals surface area contributed by atoms with E-state index in [1.807, 2.05) is 6.20 Å². The molecule has 1 saturated heterocycles. The summed E-state index contributed by atoms with van der Waals surface area (Å²) in [7, 11) is 0. The van der Waals surface area contributed by atoms with Gasteiger partial charge < -0.3 is 4.98 Å². The van der Waals surface area contributed by atoms with Gasteiger partial charge in [-0.25, -0.2) is 4.98 Å². The van der Waals surface area contributed by atoms with E-state index in [9.17, 15) is 0 Å². The molecule has 3 atom stereocenters. The number of hydrogen-bond donors (Lipinski definition) is 1. The van der Waals surface area contributed by atoms with Crippen LogP contribution in [-0.2, 0) is 12.8 Å². The number of fused-ring (bicyclic) bond motifs is 1. The van der Waals surface area contributed by atoms with E-state index in [2.05, 4.69) is 45.2 Å². The Labute approximate surface area is 139 Å². The van der Waals surface area contributed by atoms with Crippen LogP contribution in [0.5, 0.6) is 0 Å². The monoisotopic (exact) mass is 309 g/mol. The van der Waals surface area contributed by atoms with Gasteiger partial charge in [0.05, 0.1) is 6.33 Å². The molecule has 1 aliphatic heterocycles. The molecule has 4 rings (SSSR count). The lowest BCUT2D eigenvalue weighted by Gasteiger charge is -2.36. The van der Waals surface area contributed by atoms with Crippen molar-refractivity contribution in [3.8, 4) is 0 Å². The van der Waals surface area contributed by atoms with E-state index < -0.39 is 0 Å². The fourth-order valence-electron chi connectivity index (χ4n) is 4.73. The van der Waals surface area contributed by atoms with Crippen molar-refractivity contribution in [3.05, 3.63) is 54.1 Å². The minimum atomic E-state index is 0.838. The van der Waals surface area contributed by atoms with E-state index in [1.165, 1.54) is 56.5 Å². The largest absolute Gasteiger partial charge is 0.348 e. The topological polar surface area (TPSA) is 31.9 Å². The molecule has 122 valence electrons. The Balaban J connectivity index is 1.30. The predicted octanol–water partition coefficient (Wildman–Crippen LogP) is 3.69. The molecule has 23 heavy (non-hydrogen) atoms. The molecule has 0 unspecified atom stereocenters. The summed E-state index contributed by atoms with van der Waals surface area (Å²) in [6.45, 7) is 2.48. The first-order valence-electron chi connectivity index (χ1n) is 9.14. The third kappa shape index (κ3) is 3.50. The Morgan fingerprint density at radius 2 is 2.04 bits per heavy atom. The highest BCUT2D eigenvalue weighted by molar-refractivity contribution is 5.15. The quantitative estimate of drug-likeness (QED) is 0.913. The second kappa shape index (κ2) is 6.88. The number of benzene rings is 1. The minimum Gasteiger partial charge on any atom is -0.348 e. The number of imidazole rings is 1. The zero-order chi connectivity index (χ0) is 15.5. The van der Waals surface area contributed by atoms with Crippen LogP contribution in [0.4, 0.5) is 0 Å². The molecule has 1 saturated carbocycles. The fourth-order valence-corrected chi connectivity index (χ4v) is 4.73. The average Bonchev–Trinajstić information content (AvgIpc) is 3.23. The number of likely N-dealkylation sites (tertiary alicyclic amines) is 1. The number of aromatic amines is 1. The molecule has 2 aromatic rings. The summed E-state index contributed by atoms with van der Waals surface area (Å²) in [5, 5.41) is 0. The lowest BCUT2D eigenvalue weighted by Crippen LogP contribution is -2.38. The van der Waals surface area contributed by atoms with Crippen molar-refractivity contribution in [1.29, 1.82) is 0 Å². The summed E-state index contributed by atoms with van der Waals surface area (Å²) in [5.41, 5.74) is 2.79. The van der Waals surface area contributed by atoms with Gasteiger partial charge in [-0.05, 0) is 56.0 Å². The molecule has 3 heteroatoms. The van der Waals surface area contributed by atoms with Crippen molar-refractivity contribution in [2.24, 2.45) is 11.8 Å². The number of H-pyrrole nitrogens is 1. The van der Waals surface area contributed by atoms with Crippen LogP contribution in [0.2, 0.25) is 0 Å². The van der Waals surface area contributed by atoms with Crippen molar-refractivity contribution in [1.82, 2.24) is 14.9 Å². The van der Waals surface area contributed by atoms with Gasteiger partial charge in [-0.15, -0.1) is 0 Å². The molecule has 0 bridgehead atoms. The lowest BCUT2D eigenvalue weighted by molar-refractivity contribution is 0.152. The maximum atomic E-state index is 4.12. The first-order chi connectivity index (χ1) is 11.4. The molecular weight excluding hydrogens is 282 g/mol. The van der Waals surface area contributed by atoms with Crippen LogP contribution in [0.25, 0.3) is 0 Å². The molecule has 2 heterocycles. The molecule has 0 spiro atoms. The van der Waals surface area contributed by atoms with Crippen molar-refractivity contribution < 1.29 is 0 Å². The molecule has 1 N–H and O–H groups in total. The van der Waals surface area contributed by atoms with Gasteiger partial charge in [0, 0.05) is 30.9 Å². The maximum Gasteiger partial charge on any atom is 0.0921 e. The predicted molar refractivity (Wildman–Crippen MR) is 93.2 cm³/mol. The Bertz CT molecular complexity index is 593. The first-order valence-corrected chi connectivity index (χ1v) is 9.14. The Morgan fingerprint density at radius 3 is 2.87 bits per heavy atom. The second-order valence-corrected chi connectivity index (χ2v) is 7.35. The third-order valence-corrected chi connectivity index (χ3v) is 5.90. The number of hydrogen-bond acceptors (Lipinski definition) is 2. The second-order valence-electron chi connectivity index (χ2n) is 7.35. The van der Waals surface area contributed by atoms with Crippen LogP contribution < -0.4 is 0 Å². The first kappa shape index (κ1) is 14.9. The highest BCUT2D eigenvalue weighted by atomic mass is 15.2. The van der Waals surface area contributed by atoms with E-state index in [0.29, 0.717) is 0 Å². The fraction of sp³-hybridized carbons (Fsp3) is 0.550. The molecule has 1 aromatic heterocycles. The van der Waals surface area contributed by atoms with Gasteiger partial charge in [-0.2, -0.15) is 0 Å². The third-order valence-electron chi connectivity index (χ3n) is 5.90. The van der Waals surface area contributed by atoms with Crippen LogP contribution in [0.1, 0.15) is 36.9 Å². The Hall–Kier alpha value is -1.61. The van der Waals surface area contributed by atoms with Gasteiger partial charge in [0.1, 0.15) is 0 Å². The van der Waals surface area contributed by atoms with Crippen LogP contribution in [0, 0.1) is 11.8 Å². The molecular formula is C20H27N3. The normalized spacial score (nSPS) is 27.9. The van der Waals surface area contributed by atoms with E-state index >= 15 is 0 Å². The molecule has 1 aromatic carbocycles. The summed E-state index contributed by atoms with van der Waals surface area (Å²) >= 11 is 0. The standard InChI is InChI=1S/C20H27N3/c1-2-4-16(5-3-1)12-17-6-7-20-18(13-17)8-10-23(20)11-9-19-14-21-15-22-19/h1-5,14-15,17-18,20H,6-13H2,(H,21,22)/t17-,18-,20+/m0/s1. The van der Waals surface area contributed by atoms with Crippen molar-refractivity contribution >= 4 is 0 Å².